The van der Waals surface area contributed by atoms with E-state index in [4.69, 9.17) is 0 Å². The highest BCUT2D eigenvalue weighted by molar-refractivity contribution is 5.94. The summed E-state index contributed by atoms with van der Waals surface area (Å²) in [4.78, 5) is 26.1. The maximum absolute atomic E-state index is 13.3. The van der Waals surface area contributed by atoms with Gasteiger partial charge >= 0.3 is 0 Å². The van der Waals surface area contributed by atoms with Crippen molar-refractivity contribution in [2.45, 2.75) is 44.6 Å². The molecular formula is C18H22F2N2O2. The van der Waals surface area contributed by atoms with Crippen molar-refractivity contribution in [3.8, 4) is 0 Å². The molecule has 3 rings (SSSR count). The Hall–Kier alpha value is -1.98. The SMILES string of the molecule is O=C(NC1CCN(C(=O)c2ccc(F)c(F)c2)CC1)C1CCCC1. The molecule has 0 bridgehead atoms. The second kappa shape index (κ2) is 7.28. The van der Waals surface area contributed by atoms with Gasteiger partial charge in [-0.25, -0.2) is 8.78 Å². The smallest absolute Gasteiger partial charge is 0.253 e. The molecule has 1 aliphatic heterocycles. The van der Waals surface area contributed by atoms with Gasteiger partial charge in [-0.2, -0.15) is 0 Å². The van der Waals surface area contributed by atoms with E-state index in [-0.39, 0.29) is 29.3 Å². The van der Waals surface area contributed by atoms with E-state index in [1.54, 1.807) is 4.90 Å². The highest BCUT2D eigenvalue weighted by atomic mass is 19.2. The third-order valence-corrected chi connectivity index (χ3v) is 5.02. The average molecular weight is 336 g/mol. The zero-order valence-corrected chi connectivity index (χ0v) is 13.6. The molecular weight excluding hydrogens is 314 g/mol. The summed E-state index contributed by atoms with van der Waals surface area (Å²) >= 11 is 0. The quantitative estimate of drug-likeness (QED) is 0.923. The fourth-order valence-corrected chi connectivity index (χ4v) is 3.55. The normalized spacial score (nSPS) is 19.5. The number of carbonyl (C=O) groups is 2. The third kappa shape index (κ3) is 3.74. The molecule has 1 N–H and O–H groups in total. The Balaban J connectivity index is 1.51. The molecule has 1 saturated carbocycles. The fraction of sp³-hybridized carbons (Fsp3) is 0.556. The predicted octanol–water partition coefficient (Wildman–Crippen LogP) is 2.88. The first-order valence-electron chi connectivity index (χ1n) is 8.59. The zero-order valence-electron chi connectivity index (χ0n) is 13.6. The number of piperidine rings is 1. The van der Waals surface area contributed by atoms with Gasteiger partial charge in [-0.05, 0) is 43.9 Å². The lowest BCUT2D eigenvalue weighted by atomic mass is 10.0. The van der Waals surface area contributed by atoms with E-state index in [1.807, 2.05) is 0 Å². The van der Waals surface area contributed by atoms with Crippen molar-refractivity contribution >= 4 is 11.8 Å². The van der Waals surface area contributed by atoms with Gasteiger partial charge in [-0.15, -0.1) is 0 Å². The average Bonchev–Trinajstić information content (AvgIpc) is 3.12. The van der Waals surface area contributed by atoms with Crippen LogP contribution in [0.1, 0.15) is 48.9 Å². The van der Waals surface area contributed by atoms with Crippen LogP contribution in [0.3, 0.4) is 0 Å². The number of halogens is 2. The minimum Gasteiger partial charge on any atom is -0.353 e. The second-order valence-electron chi connectivity index (χ2n) is 6.69. The molecule has 24 heavy (non-hydrogen) atoms. The summed E-state index contributed by atoms with van der Waals surface area (Å²) in [7, 11) is 0. The summed E-state index contributed by atoms with van der Waals surface area (Å²) in [6.07, 6.45) is 5.57. The van der Waals surface area contributed by atoms with Crippen LogP contribution in [0.15, 0.2) is 18.2 Å². The Morgan fingerprint density at radius 2 is 1.67 bits per heavy atom. The van der Waals surface area contributed by atoms with E-state index in [2.05, 4.69) is 5.32 Å². The molecule has 4 nitrogen and oxygen atoms in total. The number of hydrogen-bond donors (Lipinski definition) is 1. The molecule has 1 aromatic carbocycles. The van der Waals surface area contributed by atoms with E-state index < -0.39 is 11.6 Å². The second-order valence-corrected chi connectivity index (χ2v) is 6.69. The Bertz CT molecular complexity index is 621. The molecule has 2 aliphatic rings. The number of likely N-dealkylation sites (tertiary alicyclic amines) is 1. The van der Waals surface area contributed by atoms with Gasteiger partial charge in [0.1, 0.15) is 0 Å². The van der Waals surface area contributed by atoms with Crippen LogP contribution < -0.4 is 5.32 Å². The lowest BCUT2D eigenvalue weighted by Crippen LogP contribution is -2.47. The molecule has 2 fully saturated rings. The maximum Gasteiger partial charge on any atom is 0.253 e. The van der Waals surface area contributed by atoms with Crippen molar-refractivity contribution in [3.05, 3.63) is 35.4 Å². The summed E-state index contributed by atoms with van der Waals surface area (Å²) in [6.45, 7) is 1.01. The maximum atomic E-state index is 13.3. The van der Waals surface area contributed by atoms with Gasteiger partial charge in [0.25, 0.3) is 5.91 Å². The van der Waals surface area contributed by atoms with Crippen LogP contribution in [0.5, 0.6) is 0 Å². The number of carbonyl (C=O) groups excluding carboxylic acids is 2. The molecule has 1 heterocycles. The number of hydrogen-bond acceptors (Lipinski definition) is 2. The monoisotopic (exact) mass is 336 g/mol. The van der Waals surface area contributed by atoms with Crippen LogP contribution in [0.25, 0.3) is 0 Å². The standard InChI is InChI=1S/C18H22F2N2O2/c19-15-6-5-13(11-16(15)20)18(24)22-9-7-14(8-10-22)21-17(23)12-3-1-2-4-12/h5-6,11-12,14H,1-4,7-10H2,(H,21,23). The highest BCUT2D eigenvalue weighted by Crippen LogP contribution is 2.25. The van der Waals surface area contributed by atoms with Crippen LogP contribution in [-0.4, -0.2) is 35.8 Å². The lowest BCUT2D eigenvalue weighted by Gasteiger charge is -2.33. The molecule has 0 spiro atoms. The van der Waals surface area contributed by atoms with Crippen LogP contribution in [0.4, 0.5) is 8.78 Å². The molecule has 0 atom stereocenters. The number of nitrogens with one attached hydrogen (secondary N) is 1. The first kappa shape index (κ1) is 16.9. The van der Waals surface area contributed by atoms with E-state index in [1.165, 1.54) is 6.07 Å². The van der Waals surface area contributed by atoms with Crippen LogP contribution in [0.2, 0.25) is 0 Å². The first-order valence-corrected chi connectivity index (χ1v) is 8.59. The third-order valence-electron chi connectivity index (χ3n) is 5.02. The molecule has 6 heteroatoms. The zero-order chi connectivity index (χ0) is 17.1. The van der Waals surface area contributed by atoms with Gasteiger partial charge in [0, 0.05) is 30.6 Å². The van der Waals surface area contributed by atoms with E-state index in [0.717, 1.165) is 37.8 Å². The van der Waals surface area contributed by atoms with Crippen molar-refractivity contribution < 1.29 is 18.4 Å². The van der Waals surface area contributed by atoms with Gasteiger partial charge in [0.15, 0.2) is 11.6 Å². The summed E-state index contributed by atoms with van der Waals surface area (Å²) in [5.41, 5.74) is 0.155. The molecule has 0 radical (unpaired) electrons. The van der Waals surface area contributed by atoms with Crippen LogP contribution in [0, 0.1) is 17.6 Å². The number of benzene rings is 1. The summed E-state index contributed by atoms with van der Waals surface area (Å²) in [6, 6.07) is 3.30. The Kier molecular flexibility index (Phi) is 5.11. The summed E-state index contributed by atoms with van der Waals surface area (Å²) in [5.74, 6) is -1.99. The Morgan fingerprint density at radius 1 is 1.00 bits per heavy atom. The minimum absolute atomic E-state index is 0.0899. The Labute approximate surface area is 140 Å². The van der Waals surface area contributed by atoms with Gasteiger partial charge in [0.2, 0.25) is 5.91 Å². The minimum atomic E-state index is -1.01. The largest absolute Gasteiger partial charge is 0.353 e. The molecule has 0 aromatic heterocycles. The number of nitrogens with zero attached hydrogens (tertiary/aromatic N) is 1. The van der Waals surface area contributed by atoms with E-state index in [0.29, 0.717) is 25.9 Å². The summed E-state index contributed by atoms with van der Waals surface area (Å²) < 4.78 is 26.2. The van der Waals surface area contributed by atoms with Gasteiger partial charge in [0.05, 0.1) is 0 Å². The Morgan fingerprint density at radius 3 is 2.29 bits per heavy atom. The van der Waals surface area contributed by atoms with Gasteiger partial charge in [-0.1, -0.05) is 12.8 Å². The predicted molar refractivity (Wildman–Crippen MR) is 85.4 cm³/mol. The van der Waals surface area contributed by atoms with Gasteiger partial charge in [-0.3, -0.25) is 9.59 Å². The molecule has 1 aliphatic carbocycles. The topological polar surface area (TPSA) is 49.4 Å². The van der Waals surface area contributed by atoms with Gasteiger partial charge < -0.3 is 10.2 Å². The molecule has 0 unspecified atom stereocenters. The lowest BCUT2D eigenvalue weighted by molar-refractivity contribution is -0.125. The number of rotatable bonds is 3. The van der Waals surface area contributed by atoms with Crippen molar-refractivity contribution in [2.75, 3.05) is 13.1 Å². The molecule has 1 aromatic rings. The van der Waals surface area contributed by atoms with Crippen LogP contribution in [-0.2, 0) is 4.79 Å². The number of amides is 2. The van der Waals surface area contributed by atoms with E-state index >= 15 is 0 Å². The van der Waals surface area contributed by atoms with Crippen molar-refractivity contribution in [1.82, 2.24) is 10.2 Å². The molecule has 1 saturated heterocycles. The first-order chi connectivity index (χ1) is 11.5. The van der Waals surface area contributed by atoms with Crippen LogP contribution >= 0.6 is 0 Å². The summed E-state index contributed by atoms with van der Waals surface area (Å²) in [5, 5.41) is 3.09. The fourth-order valence-electron chi connectivity index (χ4n) is 3.55. The molecule has 2 amide bonds. The molecule has 130 valence electrons. The van der Waals surface area contributed by atoms with Crippen molar-refractivity contribution in [1.29, 1.82) is 0 Å². The van der Waals surface area contributed by atoms with E-state index in [9.17, 15) is 18.4 Å². The van der Waals surface area contributed by atoms with Crippen molar-refractivity contribution in [3.63, 3.8) is 0 Å². The highest BCUT2D eigenvalue weighted by Gasteiger charge is 2.28. The van der Waals surface area contributed by atoms with Crippen molar-refractivity contribution in [2.24, 2.45) is 5.92 Å².